The molecule has 2 atom stereocenters. The standard InChI is InChI=1S/C15H23N3O2/c1-3-20-15(19)13-14(11-7-8-11)18(17-16-13)12-6-4-5-10(2)9-12/h10-12H,3-9H2,1-2H3. The normalized spacial score (nSPS) is 26.5. The van der Waals surface area contributed by atoms with Gasteiger partial charge in [0.25, 0.3) is 0 Å². The van der Waals surface area contributed by atoms with Gasteiger partial charge in [-0.25, -0.2) is 9.48 Å². The van der Waals surface area contributed by atoms with Crippen molar-refractivity contribution in [2.45, 2.75) is 64.3 Å². The van der Waals surface area contributed by atoms with Crippen LogP contribution < -0.4 is 0 Å². The van der Waals surface area contributed by atoms with Gasteiger partial charge in [-0.05, 0) is 38.5 Å². The Morgan fingerprint density at radius 2 is 2.15 bits per heavy atom. The lowest BCUT2D eigenvalue weighted by atomic mass is 9.87. The summed E-state index contributed by atoms with van der Waals surface area (Å²) < 4.78 is 7.15. The number of hydrogen-bond acceptors (Lipinski definition) is 4. The maximum atomic E-state index is 12.0. The Hall–Kier alpha value is -1.39. The minimum absolute atomic E-state index is 0.315. The molecule has 0 aromatic carbocycles. The van der Waals surface area contributed by atoms with E-state index in [0.717, 1.165) is 37.3 Å². The van der Waals surface area contributed by atoms with Crippen molar-refractivity contribution in [2.24, 2.45) is 5.92 Å². The van der Waals surface area contributed by atoms with Crippen molar-refractivity contribution in [3.05, 3.63) is 11.4 Å². The van der Waals surface area contributed by atoms with Crippen LogP contribution in [0.5, 0.6) is 0 Å². The average molecular weight is 277 g/mol. The SMILES string of the molecule is CCOC(=O)c1nnn(C2CCCC(C)C2)c1C1CC1. The lowest BCUT2D eigenvalue weighted by molar-refractivity contribution is 0.0518. The molecule has 2 fully saturated rings. The van der Waals surface area contributed by atoms with Crippen LogP contribution in [0, 0.1) is 5.92 Å². The molecule has 5 nitrogen and oxygen atoms in total. The largest absolute Gasteiger partial charge is 0.461 e. The van der Waals surface area contributed by atoms with Crippen LogP contribution in [0.25, 0.3) is 0 Å². The van der Waals surface area contributed by atoms with Gasteiger partial charge >= 0.3 is 5.97 Å². The predicted octanol–water partition coefficient (Wildman–Crippen LogP) is 3.08. The topological polar surface area (TPSA) is 57.0 Å². The van der Waals surface area contributed by atoms with Crippen molar-refractivity contribution in [3.8, 4) is 0 Å². The highest BCUT2D eigenvalue weighted by Crippen LogP contribution is 2.44. The maximum Gasteiger partial charge on any atom is 0.360 e. The molecule has 0 amide bonds. The number of esters is 1. The van der Waals surface area contributed by atoms with Gasteiger partial charge in [0.15, 0.2) is 5.69 Å². The van der Waals surface area contributed by atoms with Crippen molar-refractivity contribution in [1.29, 1.82) is 0 Å². The molecule has 2 unspecified atom stereocenters. The Labute approximate surface area is 119 Å². The number of rotatable bonds is 4. The fraction of sp³-hybridized carbons (Fsp3) is 0.800. The Balaban J connectivity index is 1.89. The fourth-order valence-corrected chi connectivity index (χ4v) is 3.28. The number of carbonyl (C=O) groups excluding carboxylic acids is 1. The molecule has 0 bridgehead atoms. The van der Waals surface area contributed by atoms with Gasteiger partial charge in [-0.2, -0.15) is 0 Å². The van der Waals surface area contributed by atoms with Crippen molar-refractivity contribution < 1.29 is 9.53 Å². The third kappa shape index (κ3) is 2.58. The summed E-state index contributed by atoms with van der Waals surface area (Å²) in [5.41, 5.74) is 1.48. The molecule has 1 heterocycles. The second kappa shape index (κ2) is 5.54. The average Bonchev–Trinajstić information content (AvgIpc) is 3.17. The molecule has 1 aromatic heterocycles. The van der Waals surface area contributed by atoms with E-state index in [1.165, 1.54) is 12.8 Å². The predicted molar refractivity (Wildman–Crippen MR) is 74.6 cm³/mol. The van der Waals surface area contributed by atoms with E-state index >= 15 is 0 Å². The second-order valence-corrected chi connectivity index (χ2v) is 6.19. The van der Waals surface area contributed by atoms with Gasteiger partial charge in [0.05, 0.1) is 18.3 Å². The third-order valence-corrected chi connectivity index (χ3v) is 4.42. The van der Waals surface area contributed by atoms with Crippen LogP contribution in [0.2, 0.25) is 0 Å². The summed E-state index contributed by atoms with van der Waals surface area (Å²) in [7, 11) is 0. The molecule has 0 saturated heterocycles. The lowest BCUT2D eigenvalue weighted by Crippen LogP contribution is -2.21. The highest BCUT2D eigenvalue weighted by Gasteiger charge is 2.36. The quantitative estimate of drug-likeness (QED) is 0.794. The van der Waals surface area contributed by atoms with Crippen molar-refractivity contribution in [2.75, 3.05) is 6.61 Å². The highest BCUT2D eigenvalue weighted by molar-refractivity contribution is 5.88. The zero-order valence-corrected chi connectivity index (χ0v) is 12.3. The van der Waals surface area contributed by atoms with Gasteiger partial charge in [-0.15, -0.1) is 5.10 Å². The summed E-state index contributed by atoms with van der Waals surface area (Å²) in [5.74, 6) is 0.877. The smallest absolute Gasteiger partial charge is 0.360 e. The Morgan fingerprint density at radius 1 is 1.35 bits per heavy atom. The maximum absolute atomic E-state index is 12.0. The van der Waals surface area contributed by atoms with E-state index in [2.05, 4.69) is 17.2 Å². The zero-order valence-electron chi connectivity index (χ0n) is 12.3. The first-order valence-electron chi connectivity index (χ1n) is 7.82. The highest BCUT2D eigenvalue weighted by atomic mass is 16.5. The Kier molecular flexibility index (Phi) is 3.76. The van der Waals surface area contributed by atoms with E-state index in [1.807, 2.05) is 11.6 Å². The molecule has 0 spiro atoms. The van der Waals surface area contributed by atoms with Crippen LogP contribution in [0.3, 0.4) is 0 Å². The summed E-state index contributed by atoms with van der Waals surface area (Å²) in [6.07, 6.45) is 7.12. The molecule has 20 heavy (non-hydrogen) atoms. The summed E-state index contributed by atoms with van der Waals surface area (Å²) in [6, 6.07) is 0.407. The minimum atomic E-state index is -0.315. The van der Waals surface area contributed by atoms with Crippen molar-refractivity contribution in [1.82, 2.24) is 15.0 Å². The van der Waals surface area contributed by atoms with Gasteiger partial charge in [0, 0.05) is 5.92 Å². The van der Waals surface area contributed by atoms with Gasteiger partial charge in [0.1, 0.15) is 0 Å². The Bertz CT molecular complexity index is 493. The fourth-order valence-electron chi connectivity index (χ4n) is 3.28. The molecule has 1 aromatic rings. The van der Waals surface area contributed by atoms with Crippen LogP contribution >= 0.6 is 0 Å². The number of nitrogens with zero attached hydrogens (tertiary/aromatic N) is 3. The van der Waals surface area contributed by atoms with Gasteiger partial charge < -0.3 is 4.74 Å². The van der Waals surface area contributed by atoms with Crippen LogP contribution in [0.4, 0.5) is 0 Å². The summed E-state index contributed by atoms with van der Waals surface area (Å²) in [5, 5.41) is 8.44. The molecule has 3 rings (SSSR count). The first-order valence-corrected chi connectivity index (χ1v) is 7.82. The van der Waals surface area contributed by atoms with Crippen LogP contribution in [-0.2, 0) is 4.74 Å². The van der Waals surface area contributed by atoms with E-state index in [4.69, 9.17) is 4.74 Å². The van der Waals surface area contributed by atoms with Crippen molar-refractivity contribution in [3.63, 3.8) is 0 Å². The molecule has 2 saturated carbocycles. The summed E-state index contributed by atoms with van der Waals surface area (Å²) in [6.45, 7) is 4.50. The number of ether oxygens (including phenoxy) is 1. The molecule has 0 N–H and O–H groups in total. The number of carbonyl (C=O) groups is 1. The van der Waals surface area contributed by atoms with Crippen LogP contribution in [0.1, 0.15) is 80.5 Å². The summed E-state index contributed by atoms with van der Waals surface area (Å²) in [4.78, 5) is 12.0. The van der Waals surface area contributed by atoms with Crippen LogP contribution in [0.15, 0.2) is 0 Å². The zero-order chi connectivity index (χ0) is 14.1. The van der Waals surface area contributed by atoms with Gasteiger partial charge in [0.2, 0.25) is 0 Å². The van der Waals surface area contributed by atoms with Crippen molar-refractivity contribution >= 4 is 5.97 Å². The van der Waals surface area contributed by atoms with E-state index in [0.29, 0.717) is 24.3 Å². The molecule has 5 heteroatoms. The first-order chi connectivity index (χ1) is 9.70. The molecule has 0 aliphatic heterocycles. The van der Waals surface area contributed by atoms with Gasteiger partial charge in [-0.3, -0.25) is 0 Å². The summed E-state index contributed by atoms with van der Waals surface area (Å²) >= 11 is 0. The van der Waals surface area contributed by atoms with Gasteiger partial charge in [-0.1, -0.05) is 25.0 Å². The minimum Gasteiger partial charge on any atom is -0.461 e. The lowest BCUT2D eigenvalue weighted by Gasteiger charge is -2.27. The Morgan fingerprint density at radius 3 is 2.80 bits per heavy atom. The third-order valence-electron chi connectivity index (χ3n) is 4.42. The molecule has 110 valence electrons. The molecule has 2 aliphatic carbocycles. The second-order valence-electron chi connectivity index (χ2n) is 6.19. The molecule has 2 aliphatic rings. The first kappa shape index (κ1) is 13.6. The monoisotopic (exact) mass is 277 g/mol. The van der Waals surface area contributed by atoms with E-state index < -0.39 is 0 Å². The van der Waals surface area contributed by atoms with Crippen LogP contribution in [-0.4, -0.2) is 27.6 Å². The van der Waals surface area contributed by atoms with E-state index in [9.17, 15) is 4.79 Å². The van der Waals surface area contributed by atoms with E-state index in [-0.39, 0.29) is 5.97 Å². The molecular formula is C15H23N3O2. The van der Waals surface area contributed by atoms with E-state index in [1.54, 1.807) is 0 Å². The number of aromatic nitrogens is 3. The number of hydrogen-bond donors (Lipinski definition) is 0. The molecule has 0 radical (unpaired) electrons. The molecular weight excluding hydrogens is 254 g/mol.